The zero-order valence-electron chi connectivity index (χ0n) is 11.5. The Balaban J connectivity index is 2.58. The van der Waals surface area contributed by atoms with Crippen molar-refractivity contribution < 1.29 is 0 Å². The molecule has 1 N–H and O–H groups in total. The molecule has 0 fully saturated rings. The Labute approximate surface area is 137 Å². The number of benzene rings is 1. The molecule has 108 valence electrons. The average molecular weight is 377 g/mol. The van der Waals surface area contributed by atoms with Crippen molar-refractivity contribution >= 4 is 39.1 Å². The van der Waals surface area contributed by atoms with Gasteiger partial charge in [-0.1, -0.05) is 39.1 Å². The van der Waals surface area contributed by atoms with E-state index in [-0.39, 0.29) is 12.1 Å². The SMILES string of the molecule is CNC(c1cc(Cl)ccc1Br)c1c(Cl)cnn1C(C)C. The first-order valence-corrected chi connectivity index (χ1v) is 7.85. The summed E-state index contributed by atoms with van der Waals surface area (Å²) < 4.78 is 2.91. The minimum Gasteiger partial charge on any atom is -0.308 e. The predicted molar refractivity (Wildman–Crippen MR) is 87.7 cm³/mol. The summed E-state index contributed by atoms with van der Waals surface area (Å²) in [7, 11) is 1.89. The summed E-state index contributed by atoms with van der Waals surface area (Å²) >= 11 is 16.0. The molecular weight excluding hydrogens is 361 g/mol. The van der Waals surface area contributed by atoms with Gasteiger partial charge in [0, 0.05) is 15.5 Å². The van der Waals surface area contributed by atoms with Crippen LogP contribution in [-0.2, 0) is 0 Å². The van der Waals surface area contributed by atoms with Gasteiger partial charge in [-0.3, -0.25) is 4.68 Å². The van der Waals surface area contributed by atoms with Crippen LogP contribution in [0.5, 0.6) is 0 Å². The molecule has 1 aromatic heterocycles. The molecule has 0 saturated carbocycles. The van der Waals surface area contributed by atoms with E-state index in [1.54, 1.807) is 6.20 Å². The number of hydrogen-bond donors (Lipinski definition) is 1. The van der Waals surface area contributed by atoms with Gasteiger partial charge in [0.15, 0.2) is 0 Å². The normalized spacial score (nSPS) is 12.9. The summed E-state index contributed by atoms with van der Waals surface area (Å²) in [5.74, 6) is 0. The molecule has 6 heteroatoms. The molecule has 1 aromatic carbocycles. The number of halogens is 3. The first-order valence-electron chi connectivity index (χ1n) is 6.30. The van der Waals surface area contributed by atoms with E-state index >= 15 is 0 Å². The van der Waals surface area contributed by atoms with E-state index in [4.69, 9.17) is 23.2 Å². The molecular formula is C14H16BrCl2N3. The van der Waals surface area contributed by atoms with Crippen molar-refractivity contribution in [2.24, 2.45) is 0 Å². The fourth-order valence-electron chi connectivity index (χ4n) is 2.21. The maximum absolute atomic E-state index is 6.33. The maximum Gasteiger partial charge on any atom is 0.0837 e. The molecule has 3 nitrogen and oxygen atoms in total. The summed E-state index contributed by atoms with van der Waals surface area (Å²) in [6, 6.07) is 5.86. The van der Waals surface area contributed by atoms with Crippen LogP contribution in [0.25, 0.3) is 0 Å². The van der Waals surface area contributed by atoms with E-state index in [0.717, 1.165) is 15.7 Å². The molecule has 1 unspecified atom stereocenters. The number of nitrogens with zero attached hydrogens (tertiary/aromatic N) is 2. The molecule has 0 aliphatic rings. The van der Waals surface area contributed by atoms with Crippen molar-refractivity contribution in [3.8, 4) is 0 Å². The molecule has 0 saturated heterocycles. The van der Waals surface area contributed by atoms with Gasteiger partial charge in [-0.2, -0.15) is 5.10 Å². The molecule has 1 heterocycles. The first-order chi connectivity index (χ1) is 9.45. The molecule has 2 aromatic rings. The third-order valence-corrected chi connectivity index (χ3v) is 4.36. The van der Waals surface area contributed by atoms with E-state index in [9.17, 15) is 0 Å². The highest BCUT2D eigenvalue weighted by molar-refractivity contribution is 9.10. The molecule has 0 aliphatic heterocycles. The van der Waals surface area contributed by atoms with E-state index < -0.39 is 0 Å². The van der Waals surface area contributed by atoms with E-state index in [2.05, 4.69) is 40.2 Å². The lowest BCUT2D eigenvalue weighted by atomic mass is 10.0. The molecule has 0 spiro atoms. The highest BCUT2D eigenvalue weighted by atomic mass is 79.9. The van der Waals surface area contributed by atoms with Gasteiger partial charge in [-0.05, 0) is 44.7 Å². The summed E-state index contributed by atoms with van der Waals surface area (Å²) in [6.07, 6.45) is 1.68. The summed E-state index contributed by atoms with van der Waals surface area (Å²) in [5.41, 5.74) is 1.97. The molecule has 0 amide bonds. The minimum atomic E-state index is -0.0829. The first kappa shape index (κ1) is 15.8. The minimum absolute atomic E-state index is 0.0829. The van der Waals surface area contributed by atoms with Gasteiger partial charge in [0.25, 0.3) is 0 Å². The van der Waals surface area contributed by atoms with Crippen molar-refractivity contribution in [3.63, 3.8) is 0 Å². The van der Waals surface area contributed by atoms with E-state index in [1.807, 2.05) is 29.9 Å². The Morgan fingerprint density at radius 3 is 2.60 bits per heavy atom. The molecule has 0 bridgehead atoms. The lowest BCUT2D eigenvalue weighted by molar-refractivity contribution is 0.484. The smallest absolute Gasteiger partial charge is 0.0837 e. The fraction of sp³-hybridized carbons (Fsp3) is 0.357. The van der Waals surface area contributed by atoms with Gasteiger partial charge >= 0.3 is 0 Å². The van der Waals surface area contributed by atoms with Crippen LogP contribution in [-0.4, -0.2) is 16.8 Å². The van der Waals surface area contributed by atoms with Crippen molar-refractivity contribution in [2.45, 2.75) is 25.9 Å². The Kier molecular flexibility index (Phi) is 5.13. The Hall–Kier alpha value is -0.550. The van der Waals surface area contributed by atoms with Crippen LogP contribution < -0.4 is 5.32 Å². The number of hydrogen-bond acceptors (Lipinski definition) is 2. The zero-order chi connectivity index (χ0) is 14.9. The van der Waals surface area contributed by atoms with Crippen molar-refractivity contribution in [2.75, 3.05) is 7.05 Å². The highest BCUT2D eigenvalue weighted by Gasteiger charge is 2.23. The standard InChI is InChI=1S/C14H16BrCl2N3/c1-8(2)20-14(12(17)7-19-20)13(18-3)10-6-9(16)4-5-11(10)15/h4-8,13,18H,1-3H3. The summed E-state index contributed by atoms with van der Waals surface area (Å²) in [4.78, 5) is 0. The Bertz CT molecular complexity index is 610. The average Bonchev–Trinajstić information content (AvgIpc) is 2.77. The van der Waals surface area contributed by atoms with Crippen molar-refractivity contribution in [1.29, 1.82) is 0 Å². The zero-order valence-corrected chi connectivity index (χ0v) is 14.6. The van der Waals surface area contributed by atoms with Crippen LogP contribution in [0.3, 0.4) is 0 Å². The summed E-state index contributed by atoms with van der Waals surface area (Å²) in [6.45, 7) is 4.15. The second-order valence-electron chi connectivity index (χ2n) is 4.80. The lowest BCUT2D eigenvalue weighted by Gasteiger charge is -2.22. The van der Waals surface area contributed by atoms with Gasteiger partial charge < -0.3 is 5.32 Å². The third kappa shape index (κ3) is 3.03. The van der Waals surface area contributed by atoms with Crippen LogP contribution in [0.4, 0.5) is 0 Å². The number of rotatable bonds is 4. The molecule has 0 radical (unpaired) electrons. The Morgan fingerprint density at radius 2 is 2.00 bits per heavy atom. The van der Waals surface area contributed by atoms with Crippen LogP contribution in [0.1, 0.15) is 37.2 Å². The third-order valence-electron chi connectivity index (χ3n) is 3.11. The van der Waals surface area contributed by atoms with Crippen LogP contribution >= 0.6 is 39.1 Å². The highest BCUT2D eigenvalue weighted by Crippen LogP contribution is 2.34. The van der Waals surface area contributed by atoms with Crippen LogP contribution in [0.15, 0.2) is 28.9 Å². The van der Waals surface area contributed by atoms with Gasteiger partial charge in [-0.25, -0.2) is 0 Å². The van der Waals surface area contributed by atoms with Crippen LogP contribution in [0, 0.1) is 0 Å². The monoisotopic (exact) mass is 375 g/mol. The molecule has 1 atom stereocenters. The summed E-state index contributed by atoms with van der Waals surface area (Å²) in [5, 5.41) is 8.98. The topological polar surface area (TPSA) is 29.9 Å². The molecule has 2 rings (SSSR count). The van der Waals surface area contributed by atoms with E-state index in [0.29, 0.717) is 10.0 Å². The van der Waals surface area contributed by atoms with Gasteiger partial charge in [0.1, 0.15) is 0 Å². The van der Waals surface area contributed by atoms with Crippen molar-refractivity contribution in [1.82, 2.24) is 15.1 Å². The van der Waals surface area contributed by atoms with E-state index in [1.165, 1.54) is 0 Å². The number of aromatic nitrogens is 2. The van der Waals surface area contributed by atoms with Gasteiger partial charge in [0.2, 0.25) is 0 Å². The fourth-order valence-corrected chi connectivity index (χ4v) is 3.10. The second kappa shape index (κ2) is 6.48. The lowest BCUT2D eigenvalue weighted by Crippen LogP contribution is -2.23. The van der Waals surface area contributed by atoms with Crippen LogP contribution in [0.2, 0.25) is 10.0 Å². The molecule has 20 heavy (non-hydrogen) atoms. The molecule has 0 aliphatic carbocycles. The Morgan fingerprint density at radius 1 is 1.30 bits per heavy atom. The quantitative estimate of drug-likeness (QED) is 0.827. The predicted octanol–water partition coefficient (Wildman–Crippen LogP) is 4.84. The largest absolute Gasteiger partial charge is 0.308 e. The van der Waals surface area contributed by atoms with Gasteiger partial charge in [0.05, 0.1) is 23.0 Å². The maximum atomic E-state index is 6.33. The number of nitrogens with one attached hydrogen (secondary N) is 1. The van der Waals surface area contributed by atoms with Gasteiger partial charge in [-0.15, -0.1) is 0 Å². The second-order valence-corrected chi connectivity index (χ2v) is 6.50. The van der Waals surface area contributed by atoms with Crippen molar-refractivity contribution in [3.05, 3.63) is 50.2 Å².